The van der Waals surface area contributed by atoms with Gasteiger partial charge in [0.2, 0.25) is 5.91 Å². The number of likely N-dealkylation sites (tertiary alicyclic amines) is 1. The lowest BCUT2D eigenvalue weighted by Gasteiger charge is -2.58. The van der Waals surface area contributed by atoms with Gasteiger partial charge in [0.25, 0.3) is 0 Å². The van der Waals surface area contributed by atoms with Crippen molar-refractivity contribution < 1.29 is 9.90 Å². The van der Waals surface area contributed by atoms with E-state index in [0.29, 0.717) is 5.56 Å². The molecule has 0 aliphatic carbocycles. The minimum Gasteiger partial charge on any atom is -0.366 e. The fraction of sp³-hybridized carbons (Fsp3) is 0.259. The molecule has 4 rings (SSSR count). The van der Waals surface area contributed by atoms with E-state index in [1.807, 2.05) is 105 Å². The first kappa shape index (κ1) is 20.8. The molecule has 1 aliphatic rings. The average Bonchev–Trinajstić information content (AvgIpc) is 2.81. The Hall–Kier alpha value is -3.42. The fourth-order valence-corrected chi connectivity index (χ4v) is 5.01. The third-order valence-electron chi connectivity index (χ3n) is 6.59. The van der Waals surface area contributed by atoms with Gasteiger partial charge in [-0.1, -0.05) is 105 Å². The minimum atomic E-state index is -1.60. The number of carbonyl (C=O) groups is 1. The van der Waals surface area contributed by atoms with Crippen molar-refractivity contribution in [2.24, 2.45) is 11.3 Å². The van der Waals surface area contributed by atoms with Crippen molar-refractivity contribution in [3.05, 3.63) is 108 Å². The lowest BCUT2D eigenvalue weighted by atomic mass is 9.58. The molecule has 4 nitrogen and oxygen atoms in total. The van der Waals surface area contributed by atoms with Gasteiger partial charge in [-0.3, -0.25) is 4.79 Å². The van der Waals surface area contributed by atoms with Crippen molar-refractivity contribution in [1.82, 2.24) is 4.90 Å². The van der Waals surface area contributed by atoms with Gasteiger partial charge in [0.1, 0.15) is 5.92 Å². The van der Waals surface area contributed by atoms with Crippen LogP contribution in [0.5, 0.6) is 0 Å². The van der Waals surface area contributed by atoms with Gasteiger partial charge in [-0.25, -0.2) is 0 Å². The predicted octanol–water partition coefficient (Wildman–Crippen LogP) is 4.82. The highest BCUT2D eigenvalue weighted by molar-refractivity contribution is 5.85. The van der Waals surface area contributed by atoms with Gasteiger partial charge in [-0.2, -0.15) is 5.26 Å². The van der Waals surface area contributed by atoms with E-state index in [0.717, 1.165) is 11.1 Å². The Balaban J connectivity index is 1.93. The first-order chi connectivity index (χ1) is 14.9. The van der Waals surface area contributed by atoms with E-state index in [1.165, 1.54) is 4.90 Å². The zero-order valence-corrected chi connectivity index (χ0v) is 17.8. The summed E-state index contributed by atoms with van der Waals surface area (Å²) in [5.74, 6) is -1.72. The largest absolute Gasteiger partial charge is 0.366 e. The summed E-state index contributed by atoms with van der Waals surface area (Å²) in [6, 6.07) is 30.7. The predicted molar refractivity (Wildman–Crippen MR) is 119 cm³/mol. The Morgan fingerprint density at radius 2 is 1.42 bits per heavy atom. The molecule has 4 heteroatoms. The van der Waals surface area contributed by atoms with Crippen LogP contribution >= 0.6 is 0 Å². The Kier molecular flexibility index (Phi) is 5.39. The third-order valence-corrected chi connectivity index (χ3v) is 6.59. The summed E-state index contributed by atoms with van der Waals surface area (Å²) in [6.07, 6.45) is 0. The summed E-state index contributed by atoms with van der Waals surface area (Å²) in [4.78, 5) is 15.3. The highest BCUT2D eigenvalue weighted by Crippen LogP contribution is 2.58. The molecule has 3 aromatic carbocycles. The van der Waals surface area contributed by atoms with E-state index in [4.69, 9.17) is 0 Å². The number of nitrogens with zero attached hydrogens (tertiary/aromatic N) is 2. The smallest absolute Gasteiger partial charge is 0.243 e. The summed E-state index contributed by atoms with van der Waals surface area (Å²) < 4.78 is 0. The lowest BCUT2D eigenvalue weighted by Crippen LogP contribution is -2.66. The zero-order chi connectivity index (χ0) is 22.1. The summed E-state index contributed by atoms with van der Waals surface area (Å²) in [5.41, 5.74) is -0.0352. The summed E-state index contributed by atoms with van der Waals surface area (Å²) in [7, 11) is 0. The number of hydrogen-bond donors (Lipinski definition) is 1. The van der Waals surface area contributed by atoms with Gasteiger partial charge in [0, 0.05) is 23.4 Å². The van der Waals surface area contributed by atoms with Gasteiger partial charge in [-0.05, 0) is 11.1 Å². The minimum absolute atomic E-state index is 0.216. The first-order valence-electron chi connectivity index (χ1n) is 10.5. The molecule has 3 unspecified atom stereocenters. The van der Waals surface area contributed by atoms with E-state index >= 15 is 0 Å². The molecule has 0 radical (unpaired) electrons. The second-order valence-corrected chi connectivity index (χ2v) is 8.67. The van der Waals surface area contributed by atoms with Crippen molar-refractivity contribution in [2.45, 2.75) is 32.0 Å². The van der Waals surface area contributed by atoms with Crippen molar-refractivity contribution >= 4 is 5.91 Å². The topological polar surface area (TPSA) is 64.3 Å². The quantitative estimate of drug-likeness (QED) is 0.670. The van der Waals surface area contributed by atoms with E-state index in [1.54, 1.807) is 0 Å². The van der Waals surface area contributed by atoms with Crippen LogP contribution < -0.4 is 0 Å². The monoisotopic (exact) mass is 410 g/mol. The fourth-order valence-electron chi connectivity index (χ4n) is 5.01. The molecule has 0 aromatic heterocycles. The van der Waals surface area contributed by atoms with E-state index < -0.39 is 23.0 Å². The highest BCUT2D eigenvalue weighted by atomic mass is 16.3. The van der Waals surface area contributed by atoms with Crippen molar-refractivity contribution in [3.8, 4) is 6.07 Å². The Bertz CT molecular complexity index is 1090. The van der Waals surface area contributed by atoms with Crippen LogP contribution in [0.4, 0.5) is 0 Å². The lowest BCUT2D eigenvalue weighted by molar-refractivity contribution is -0.232. The highest BCUT2D eigenvalue weighted by Gasteiger charge is 2.63. The van der Waals surface area contributed by atoms with Gasteiger partial charge in [-0.15, -0.1) is 0 Å². The number of aliphatic hydroxyl groups is 1. The molecule has 0 bridgehead atoms. The molecule has 1 aliphatic heterocycles. The molecule has 3 aromatic rings. The maximum Gasteiger partial charge on any atom is 0.243 e. The molecule has 3 atom stereocenters. The van der Waals surface area contributed by atoms with Crippen LogP contribution in [0.15, 0.2) is 91.0 Å². The molecule has 31 heavy (non-hydrogen) atoms. The van der Waals surface area contributed by atoms with Crippen molar-refractivity contribution in [3.63, 3.8) is 0 Å². The van der Waals surface area contributed by atoms with Crippen LogP contribution in [-0.2, 0) is 17.1 Å². The van der Waals surface area contributed by atoms with Crippen LogP contribution in [-0.4, -0.2) is 15.9 Å². The number of benzene rings is 3. The number of carbonyl (C=O) groups excluding carboxylic acids is 1. The molecule has 1 N–H and O–H groups in total. The molecule has 0 saturated carbocycles. The SMILES string of the molecule is CC1(C)C(c2ccccc2)C(C#N)C(=O)N(Cc2ccccc2)C1(O)c1ccccc1. The van der Waals surface area contributed by atoms with Gasteiger partial charge < -0.3 is 10.0 Å². The average molecular weight is 411 g/mol. The molecular weight excluding hydrogens is 384 g/mol. The van der Waals surface area contributed by atoms with Crippen LogP contribution in [0.2, 0.25) is 0 Å². The Morgan fingerprint density at radius 3 is 1.97 bits per heavy atom. The number of amides is 1. The second-order valence-electron chi connectivity index (χ2n) is 8.67. The summed E-state index contributed by atoms with van der Waals surface area (Å²) >= 11 is 0. The third kappa shape index (κ3) is 3.32. The molecule has 1 fully saturated rings. The standard InChI is InChI=1S/C27H26N2O2/c1-26(2)24(21-14-8-4-9-15-21)23(18-28)25(30)29(19-20-12-6-3-7-13-20)27(26,31)22-16-10-5-11-17-22/h3-17,23-24,31H,19H2,1-2H3. The van der Waals surface area contributed by atoms with Crippen LogP contribution in [0.1, 0.15) is 36.5 Å². The van der Waals surface area contributed by atoms with Crippen LogP contribution in [0.25, 0.3) is 0 Å². The molecule has 1 heterocycles. The van der Waals surface area contributed by atoms with E-state index in [-0.39, 0.29) is 12.5 Å². The van der Waals surface area contributed by atoms with Crippen molar-refractivity contribution in [1.29, 1.82) is 5.26 Å². The van der Waals surface area contributed by atoms with Crippen molar-refractivity contribution in [2.75, 3.05) is 0 Å². The number of hydrogen-bond acceptors (Lipinski definition) is 3. The number of nitriles is 1. The maximum atomic E-state index is 13.8. The molecular formula is C27H26N2O2. The van der Waals surface area contributed by atoms with E-state index in [9.17, 15) is 15.2 Å². The summed E-state index contributed by atoms with van der Waals surface area (Å²) in [5, 5.41) is 22.5. The van der Waals surface area contributed by atoms with Gasteiger partial charge >= 0.3 is 0 Å². The molecule has 156 valence electrons. The number of rotatable bonds is 4. The summed E-state index contributed by atoms with van der Waals surface area (Å²) in [6.45, 7) is 4.12. The molecule has 1 saturated heterocycles. The van der Waals surface area contributed by atoms with Gasteiger partial charge in [0.15, 0.2) is 5.72 Å². The zero-order valence-electron chi connectivity index (χ0n) is 17.8. The Morgan fingerprint density at radius 1 is 0.903 bits per heavy atom. The van der Waals surface area contributed by atoms with Gasteiger partial charge in [0.05, 0.1) is 6.07 Å². The molecule has 0 spiro atoms. The Labute approximate surface area is 183 Å². The van der Waals surface area contributed by atoms with E-state index in [2.05, 4.69) is 6.07 Å². The van der Waals surface area contributed by atoms with Crippen LogP contribution in [0, 0.1) is 22.7 Å². The van der Waals surface area contributed by atoms with Crippen LogP contribution in [0.3, 0.4) is 0 Å². The first-order valence-corrected chi connectivity index (χ1v) is 10.5. The maximum absolute atomic E-state index is 13.8. The number of piperidine rings is 1. The molecule has 1 amide bonds. The second kappa shape index (κ2) is 8.02. The normalized spacial score (nSPS) is 25.1.